The van der Waals surface area contributed by atoms with E-state index < -0.39 is 29.4 Å². The van der Waals surface area contributed by atoms with Gasteiger partial charge in [-0.2, -0.15) is 0 Å². The summed E-state index contributed by atoms with van der Waals surface area (Å²) >= 11 is 0. The van der Waals surface area contributed by atoms with Gasteiger partial charge in [-0.25, -0.2) is 4.98 Å². The van der Waals surface area contributed by atoms with Crippen molar-refractivity contribution in [1.82, 2.24) is 15.3 Å². The van der Waals surface area contributed by atoms with Crippen LogP contribution in [0.15, 0.2) is 85.8 Å². The molecule has 0 spiro atoms. The van der Waals surface area contributed by atoms with Crippen LogP contribution in [-0.4, -0.2) is 44.2 Å². The number of carboxylic acids is 1. The van der Waals surface area contributed by atoms with Crippen LogP contribution >= 0.6 is 0 Å². The lowest BCUT2D eigenvalue weighted by Crippen LogP contribution is -2.54. The van der Waals surface area contributed by atoms with E-state index in [0.717, 1.165) is 36.8 Å². The second-order valence-electron chi connectivity index (χ2n) is 13.4. The van der Waals surface area contributed by atoms with Crippen LogP contribution in [0.1, 0.15) is 75.6 Å². The summed E-state index contributed by atoms with van der Waals surface area (Å²) in [6.07, 6.45) is 11.7. The third kappa shape index (κ3) is 9.40. The van der Waals surface area contributed by atoms with Crippen molar-refractivity contribution in [3.63, 3.8) is 0 Å². The zero-order chi connectivity index (χ0) is 32.2. The van der Waals surface area contributed by atoms with Gasteiger partial charge in [0.25, 0.3) is 0 Å². The van der Waals surface area contributed by atoms with Gasteiger partial charge in [0.15, 0.2) is 0 Å². The smallest absolute Gasteiger partial charge is 0.311 e. The van der Waals surface area contributed by atoms with Gasteiger partial charge in [-0.1, -0.05) is 113 Å². The fourth-order valence-corrected chi connectivity index (χ4v) is 7.15. The Labute approximate surface area is 268 Å². The molecule has 0 aliphatic heterocycles. The lowest BCUT2D eigenvalue weighted by Gasteiger charge is -2.39. The van der Waals surface area contributed by atoms with Crippen LogP contribution in [0.25, 0.3) is 0 Å². The van der Waals surface area contributed by atoms with Gasteiger partial charge in [0.2, 0.25) is 5.91 Å². The molecule has 1 aromatic heterocycles. The molecule has 1 fully saturated rings. The molecule has 45 heavy (non-hydrogen) atoms. The molecule has 2 aromatic carbocycles. The number of rotatable bonds is 17. The highest BCUT2D eigenvalue weighted by atomic mass is 16.4. The van der Waals surface area contributed by atoms with Crippen molar-refractivity contribution in [2.24, 2.45) is 29.1 Å². The molecule has 4 rings (SSSR count). The lowest BCUT2D eigenvalue weighted by atomic mass is 9.65. The first-order valence-electron chi connectivity index (χ1n) is 16.6. The van der Waals surface area contributed by atoms with E-state index in [0.29, 0.717) is 30.4 Å². The number of carbonyl (C=O) groups is 2. The highest BCUT2D eigenvalue weighted by Gasteiger charge is 2.50. The largest absolute Gasteiger partial charge is 0.481 e. The van der Waals surface area contributed by atoms with Gasteiger partial charge in [0, 0.05) is 18.3 Å². The fraction of sp³-hybridized carbons (Fsp3) is 0.500. The summed E-state index contributed by atoms with van der Waals surface area (Å²) < 4.78 is 0. The topological polar surface area (TPSA) is 115 Å². The molecule has 7 heteroatoms. The van der Waals surface area contributed by atoms with E-state index in [1.807, 2.05) is 66.7 Å². The summed E-state index contributed by atoms with van der Waals surface area (Å²) in [5.74, 6) is -1.51. The van der Waals surface area contributed by atoms with Crippen LogP contribution in [0.2, 0.25) is 0 Å². The van der Waals surface area contributed by atoms with Gasteiger partial charge in [-0.05, 0) is 54.6 Å². The highest BCUT2D eigenvalue weighted by Crippen LogP contribution is 2.39. The molecule has 1 amide bonds. The van der Waals surface area contributed by atoms with Crippen molar-refractivity contribution in [2.75, 3.05) is 0 Å². The van der Waals surface area contributed by atoms with Crippen LogP contribution in [0.4, 0.5) is 0 Å². The maximum atomic E-state index is 14.7. The van der Waals surface area contributed by atoms with Gasteiger partial charge in [0.05, 0.1) is 29.8 Å². The van der Waals surface area contributed by atoms with Crippen molar-refractivity contribution in [2.45, 2.75) is 90.2 Å². The van der Waals surface area contributed by atoms with Gasteiger partial charge < -0.3 is 20.5 Å². The average molecular weight is 614 g/mol. The molecule has 242 valence electrons. The van der Waals surface area contributed by atoms with E-state index in [1.165, 1.54) is 6.42 Å². The Bertz CT molecular complexity index is 1280. The summed E-state index contributed by atoms with van der Waals surface area (Å²) in [5.41, 5.74) is 0.920. The van der Waals surface area contributed by atoms with Crippen molar-refractivity contribution in [3.05, 3.63) is 103 Å². The Balaban J connectivity index is 1.75. The third-order valence-corrected chi connectivity index (χ3v) is 9.89. The number of aliphatic hydroxyl groups excluding tert-OH is 1. The average Bonchev–Trinajstić information content (AvgIpc) is 3.56. The summed E-state index contributed by atoms with van der Waals surface area (Å²) in [7, 11) is 0. The molecule has 0 bridgehead atoms. The molecule has 1 aliphatic rings. The predicted octanol–water partition coefficient (Wildman–Crippen LogP) is 6.79. The van der Waals surface area contributed by atoms with Crippen LogP contribution < -0.4 is 5.32 Å². The first-order chi connectivity index (χ1) is 21.7. The molecule has 0 unspecified atom stereocenters. The number of aromatic nitrogens is 2. The van der Waals surface area contributed by atoms with E-state index in [4.69, 9.17) is 0 Å². The first kappa shape index (κ1) is 34.2. The lowest BCUT2D eigenvalue weighted by molar-refractivity contribution is -0.157. The van der Waals surface area contributed by atoms with Crippen molar-refractivity contribution in [3.8, 4) is 0 Å². The second-order valence-corrected chi connectivity index (χ2v) is 13.4. The number of carboxylic acid groups (broad SMARTS) is 1. The summed E-state index contributed by atoms with van der Waals surface area (Å²) in [4.78, 5) is 35.6. The van der Waals surface area contributed by atoms with Crippen LogP contribution in [-0.2, 0) is 28.9 Å². The molecule has 3 aromatic rings. The monoisotopic (exact) mass is 613 g/mol. The molecule has 1 saturated carbocycles. The molecule has 4 atom stereocenters. The molecular formula is C38H51N3O4. The van der Waals surface area contributed by atoms with Crippen LogP contribution in [0.3, 0.4) is 0 Å². The van der Waals surface area contributed by atoms with E-state index in [-0.39, 0.29) is 31.1 Å². The van der Waals surface area contributed by atoms with E-state index in [1.54, 1.807) is 12.5 Å². The third-order valence-electron chi connectivity index (χ3n) is 9.89. The van der Waals surface area contributed by atoms with Crippen molar-refractivity contribution in [1.29, 1.82) is 0 Å². The molecule has 1 heterocycles. The fourth-order valence-electron chi connectivity index (χ4n) is 7.15. The van der Waals surface area contributed by atoms with Gasteiger partial charge >= 0.3 is 5.97 Å². The molecule has 0 saturated heterocycles. The van der Waals surface area contributed by atoms with Gasteiger partial charge in [0.1, 0.15) is 0 Å². The number of carbonyl (C=O) groups excluding carboxylic acids is 1. The van der Waals surface area contributed by atoms with E-state index in [2.05, 4.69) is 35.7 Å². The second kappa shape index (κ2) is 16.6. The SMILES string of the molecule is C=C[C@@H](C[C@H](O)[C@H](CC1CCCCC1)NC(=O)[C@@H](Cc1cnc[nH]1)C(Cc1ccccc1)(Cc1ccccc1)C(=O)O)C(C)C. The number of hydrogen-bond donors (Lipinski definition) is 4. The summed E-state index contributed by atoms with van der Waals surface area (Å²) in [5, 5.41) is 26.1. The number of amides is 1. The predicted molar refractivity (Wildman–Crippen MR) is 178 cm³/mol. The molecule has 4 N–H and O–H groups in total. The van der Waals surface area contributed by atoms with E-state index in [9.17, 15) is 19.8 Å². The maximum absolute atomic E-state index is 14.7. The zero-order valence-corrected chi connectivity index (χ0v) is 26.9. The van der Waals surface area contributed by atoms with Crippen molar-refractivity contribution < 1.29 is 19.8 Å². The molecule has 1 aliphatic carbocycles. The normalized spacial score (nSPS) is 16.9. The molecule has 0 radical (unpaired) electrons. The first-order valence-corrected chi connectivity index (χ1v) is 16.6. The van der Waals surface area contributed by atoms with Gasteiger partial charge in [-0.15, -0.1) is 6.58 Å². The minimum absolute atomic E-state index is 0.0980. The van der Waals surface area contributed by atoms with Crippen LogP contribution in [0.5, 0.6) is 0 Å². The maximum Gasteiger partial charge on any atom is 0.311 e. The Morgan fingerprint density at radius 1 is 1.02 bits per heavy atom. The van der Waals surface area contributed by atoms with E-state index >= 15 is 0 Å². The Hall–Kier alpha value is -3.71. The number of aliphatic hydroxyl groups is 1. The van der Waals surface area contributed by atoms with Crippen molar-refractivity contribution >= 4 is 11.9 Å². The Kier molecular flexibility index (Phi) is 12.6. The number of H-pyrrole nitrogens is 1. The number of aliphatic carboxylic acids is 1. The molecular weight excluding hydrogens is 562 g/mol. The Morgan fingerprint density at radius 3 is 2.11 bits per heavy atom. The van der Waals surface area contributed by atoms with Crippen LogP contribution in [0, 0.1) is 29.1 Å². The number of nitrogens with one attached hydrogen (secondary N) is 2. The minimum Gasteiger partial charge on any atom is -0.481 e. The zero-order valence-electron chi connectivity index (χ0n) is 26.9. The number of allylic oxidation sites excluding steroid dienone is 1. The summed E-state index contributed by atoms with van der Waals surface area (Å²) in [6, 6.07) is 18.6. The number of nitrogens with zero attached hydrogens (tertiary/aromatic N) is 1. The number of hydrogen-bond acceptors (Lipinski definition) is 4. The molecule has 7 nitrogen and oxygen atoms in total. The highest BCUT2D eigenvalue weighted by molar-refractivity contribution is 5.88. The minimum atomic E-state index is -1.47. The summed E-state index contributed by atoms with van der Waals surface area (Å²) in [6.45, 7) is 8.23. The Morgan fingerprint density at radius 2 is 1.62 bits per heavy atom. The quantitative estimate of drug-likeness (QED) is 0.125. The number of imidazole rings is 1. The number of aromatic amines is 1. The van der Waals surface area contributed by atoms with Gasteiger partial charge in [-0.3, -0.25) is 9.59 Å². The standard InChI is InChI=1S/C38H51N3O4/c1-4-31(27(2)3)21-35(42)34(20-28-14-8-5-9-15-28)41-36(43)33(22-32-25-39-26-40-32)38(37(44)45,23-29-16-10-6-11-17-29)24-30-18-12-7-13-19-30/h4,6-7,10-13,16-19,25-28,31,33-35,42H,1,5,8-9,14-15,20-24H2,2-3H3,(H,39,40)(H,41,43)(H,44,45)/t31-,33+,34-,35-/m0/s1. The number of benzene rings is 2.